The van der Waals surface area contributed by atoms with E-state index >= 15 is 0 Å². The van der Waals surface area contributed by atoms with Gasteiger partial charge in [-0.1, -0.05) is 19.9 Å². The number of hydrogen-bond donors (Lipinski definition) is 2. The van der Waals surface area contributed by atoms with Crippen molar-refractivity contribution in [1.82, 2.24) is 5.32 Å². The van der Waals surface area contributed by atoms with Gasteiger partial charge in [-0.2, -0.15) is 0 Å². The van der Waals surface area contributed by atoms with Crippen LogP contribution in [0.1, 0.15) is 32.4 Å². The highest BCUT2D eigenvalue weighted by Gasteiger charge is 2.22. The van der Waals surface area contributed by atoms with Gasteiger partial charge in [0.1, 0.15) is 11.6 Å². The highest BCUT2D eigenvalue weighted by atomic mass is 35.5. The van der Waals surface area contributed by atoms with E-state index in [1.165, 1.54) is 12.1 Å². The van der Waals surface area contributed by atoms with Gasteiger partial charge in [0.2, 0.25) is 5.91 Å². The quantitative estimate of drug-likeness (QED) is 0.896. The summed E-state index contributed by atoms with van der Waals surface area (Å²) >= 11 is 0. The predicted molar refractivity (Wildman–Crippen MR) is 73.0 cm³/mol. The number of amides is 1. The molecule has 6 heteroatoms. The topological polar surface area (TPSA) is 55.1 Å². The van der Waals surface area contributed by atoms with Crippen LogP contribution in [0, 0.1) is 17.6 Å². The Morgan fingerprint density at radius 1 is 1.26 bits per heavy atom. The molecule has 2 atom stereocenters. The molecule has 0 aliphatic rings. The van der Waals surface area contributed by atoms with Crippen molar-refractivity contribution in [3.8, 4) is 0 Å². The van der Waals surface area contributed by atoms with Gasteiger partial charge in [0.15, 0.2) is 0 Å². The monoisotopic (exact) mass is 292 g/mol. The van der Waals surface area contributed by atoms with Crippen LogP contribution in [-0.2, 0) is 4.79 Å². The van der Waals surface area contributed by atoms with Gasteiger partial charge in [0, 0.05) is 11.6 Å². The molecule has 0 aliphatic heterocycles. The minimum absolute atomic E-state index is 0. The molecule has 108 valence electrons. The molecule has 1 unspecified atom stereocenters. The highest BCUT2D eigenvalue weighted by molar-refractivity contribution is 5.85. The number of carbonyl (C=O) groups is 1. The first kappa shape index (κ1) is 17.8. The van der Waals surface area contributed by atoms with Gasteiger partial charge < -0.3 is 11.1 Å². The Kier molecular flexibility index (Phi) is 6.94. The Hall–Kier alpha value is -1.20. The van der Waals surface area contributed by atoms with Gasteiger partial charge in [0.05, 0.1) is 12.1 Å². The second kappa shape index (κ2) is 7.40. The third kappa shape index (κ3) is 4.76. The van der Waals surface area contributed by atoms with Crippen LogP contribution >= 0.6 is 12.4 Å². The zero-order chi connectivity index (χ0) is 13.9. The number of halogens is 3. The average Bonchev–Trinajstić information content (AvgIpc) is 2.26. The van der Waals surface area contributed by atoms with E-state index in [1.54, 1.807) is 6.92 Å². The predicted octanol–water partition coefficient (Wildman–Crippen LogP) is 2.55. The third-order valence-electron chi connectivity index (χ3n) is 2.68. The Morgan fingerprint density at radius 3 is 2.26 bits per heavy atom. The minimum atomic E-state index is -0.672. The van der Waals surface area contributed by atoms with E-state index in [2.05, 4.69) is 5.32 Å². The van der Waals surface area contributed by atoms with Crippen LogP contribution < -0.4 is 11.1 Å². The molecular weight excluding hydrogens is 274 g/mol. The molecule has 1 amide bonds. The lowest BCUT2D eigenvalue weighted by Gasteiger charge is -2.24. The van der Waals surface area contributed by atoms with Crippen LogP contribution in [0.25, 0.3) is 0 Å². The summed E-state index contributed by atoms with van der Waals surface area (Å²) in [5, 5.41) is 2.67. The summed E-state index contributed by atoms with van der Waals surface area (Å²) in [4.78, 5) is 11.6. The van der Waals surface area contributed by atoms with Crippen LogP contribution in [0.4, 0.5) is 8.78 Å². The maximum Gasteiger partial charge on any atom is 0.237 e. The van der Waals surface area contributed by atoms with E-state index in [9.17, 15) is 13.6 Å². The highest BCUT2D eigenvalue weighted by Crippen LogP contribution is 2.24. The number of rotatable bonds is 4. The summed E-state index contributed by atoms with van der Waals surface area (Å²) in [6.07, 6.45) is 0. The molecule has 3 nitrogen and oxygen atoms in total. The van der Waals surface area contributed by atoms with Gasteiger partial charge >= 0.3 is 0 Å². The molecular formula is C13H19ClF2N2O. The van der Waals surface area contributed by atoms with E-state index in [-0.39, 0.29) is 29.8 Å². The van der Waals surface area contributed by atoms with Crippen LogP contribution in [0.3, 0.4) is 0 Å². The Balaban J connectivity index is 0.00000324. The largest absolute Gasteiger partial charge is 0.348 e. The molecule has 0 spiro atoms. The summed E-state index contributed by atoms with van der Waals surface area (Å²) in [6.45, 7) is 5.23. The van der Waals surface area contributed by atoms with Crippen molar-refractivity contribution < 1.29 is 13.6 Å². The first-order valence-electron chi connectivity index (χ1n) is 5.83. The number of benzene rings is 1. The van der Waals surface area contributed by atoms with Crippen LogP contribution in [0.2, 0.25) is 0 Å². The molecule has 3 N–H and O–H groups in total. The van der Waals surface area contributed by atoms with Gasteiger partial charge in [-0.15, -0.1) is 12.4 Å². The number of nitrogens with two attached hydrogens (primary N) is 1. The van der Waals surface area contributed by atoms with E-state index in [0.717, 1.165) is 6.07 Å². The lowest BCUT2D eigenvalue weighted by Crippen LogP contribution is -2.42. The first-order valence-corrected chi connectivity index (χ1v) is 5.83. The van der Waals surface area contributed by atoms with Crippen molar-refractivity contribution in [3.05, 3.63) is 35.4 Å². The van der Waals surface area contributed by atoms with Crippen LogP contribution in [0.15, 0.2) is 18.2 Å². The molecule has 0 saturated heterocycles. The average molecular weight is 293 g/mol. The molecule has 0 heterocycles. The van der Waals surface area contributed by atoms with Gasteiger partial charge in [-0.25, -0.2) is 8.78 Å². The second-order valence-corrected chi connectivity index (χ2v) is 4.68. The van der Waals surface area contributed by atoms with Gasteiger partial charge in [-0.05, 0) is 18.9 Å². The lowest BCUT2D eigenvalue weighted by molar-refractivity contribution is -0.123. The van der Waals surface area contributed by atoms with Crippen molar-refractivity contribution in [1.29, 1.82) is 0 Å². The standard InChI is InChI=1S/C13H18F2N2O.ClH/c1-7(2)12(17-13(18)8(3)16)10-5-4-9(14)6-11(10)15;/h4-8,12H,16H2,1-3H3,(H,17,18);1H/t8-,12?;/m0./s1. The molecule has 1 rings (SSSR count). The summed E-state index contributed by atoms with van der Waals surface area (Å²) < 4.78 is 26.5. The Labute approximate surface area is 118 Å². The van der Waals surface area contributed by atoms with Crippen LogP contribution in [0.5, 0.6) is 0 Å². The molecule has 0 saturated carbocycles. The molecule has 0 aromatic heterocycles. The molecule has 1 aromatic carbocycles. The zero-order valence-corrected chi connectivity index (χ0v) is 11.9. The van der Waals surface area contributed by atoms with Crippen molar-refractivity contribution in [2.45, 2.75) is 32.9 Å². The number of carbonyl (C=O) groups excluding carboxylic acids is 1. The summed E-state index contributed by atoms with van der Waals surface area (Å²) in [7, 11) is 0. The molecule has 0 radical (unpaired) electrons. The van der Waals surface area contributed by atoms with Crippen molar-refractivity contribution in [2.24, 2.45) is 11.7 Å². The van der Waals surface area contributed by atoms with E-state index < -0.39 is 23.7 Å². The SMILES string of the molecule is CC(C)C(NC(=O)[C@H](C)N)c1ccc(F)cc1F.Cl. The lowest BCUT2D eigenvalue weighted by atomic mass is 9.95. The third-order valence-corrected chi connectivity index (χ3v) is 2.68. The minimum Gasteiger partial charge on any atom is -0.348 e. The fourth-order valence-electron chi connectivity index (χ4n) is 1.64. The summed E-state index contributed by atoms with van der Waals surface area (Å²) in [5.41, 5.74) is 5.72. The van der Waals surface area contributed by atoms with Crippen molar-refractivity contribution >= 4 is 18.3 Å². The summed E-state index contributed by atoms with van der Waals surface area (Å²) in [5.74, 6) is -1.71. The van der Waals surface area contributed by atoms with Crippen molar-refractivity contribution in [3.63, 3.8) is 0 Å². The number of hydrogen-bond acceptors (Lipinski definition) is 2. The normalized spacial score (nSPS) is 13.6. The molecule has 0 fully saturated rings. The molecule has 0 bridgehead atoms. The summed E-state index contributed by atoms with van der Waals surface area (Å²) in [6, 6.07) is 2.13. The maximum atomic E-state index is 13.7. The maximum absolute atomic E-state index is 13.7. The Morgan fingerprint density at radius 2 is 1.84 bits per heavy atom. The van der Waals surface area contributed by atoms with Gasteiger partial charge in [-0.3, -0.25) is 4.79 Å². The first-order chi connectivity index (χ1) is 8.32. The van der Waals surface area contributed by atoms with Crippen molar-refractivity contribution in [2.75, 3.05) is 0 Å². The van der Waals surface area contributed by atoms with Gasteiger partial charge in [0.25, 0.3) is 0 Å². The zero-order valence-electron chi connectivity index (χ0n) is 11.1. The van der Waals surface area contributed by atoms with E-state index in [4.69, 9.17) is 5.73 Å². The molecule has 1 aromatic rings. The fourth-order valence-corrected chi connectivity index (χ4v) is 1.64. The molecule has 19 heavy (non-hydrogen) atoms. The smallest absolute Gasteiger partial charge is 0.237 e. The van der Waals surface area contributed by atoms with E-state index in [1.807, 2.05) is 13.8 Å². The fraction of sp³-hybridized carbons (Fsp3) is 0.462. The Bertz CT molecular complexity index is 439. The van der Waals surface area contributed by atoms with E-state index in [0.29, 0.717) is 0 Å². The molecule has 0 aliphatic carbocycles. The number of nitrogens with one attached hydrogen (secondary N) is 1. The van der Waals surface area contributed by atoms with Crippen LogP contribution in [-0.4, -0.2) is 11.9 Å². The second-order valence-electron chi connectivity index (χ2n) is 4.68.